The van der Waals surface area contributed by atoms with Crippen molar-refractivity contribution in [2.75, 3.05) is 4.72 Å². The van der Waals surface area contributed by atoms with Crippen molar-refractivity contribution in [3.63, 3.8) is 0 Å². The summed E-state index contributed by atoms with van der Waals surface area (Å²) in [6.07, 6.45) is 5.38. The van der Waals surface area contributed by atoms with Gasteiger partial charge in [0, 0.05) is 36.7 Å². The largest absolute Gasteiger partial charge is 0.348 e. The zero-order chi connectivity index (χ0) is 24.1. The molecule has 1 aromatic heterocycles. The van der Waals surface area contributed by atoms with Gasteiger partial charge >= 0.3 is 0 Å². The molecular formula is C26H26N4O3S. The molecule has 0 saturated carbocycles. The molecule has 2 N–H and O–H groups in total. The maximum atomic E-state index is 12.7. The number of benzene rings is 3. The Morgan fingerprint density at radius 1 is 0.941 bits per heavy atom. The third-order valence-corrected chi connectivity index (χ3v) is 7.04. The minimum absolute atomic E-state index is 0.201. The Morgan fingerprint density at radius 2 is 1.68 bits per heavy atom. The number of anilines is 1. The van der Waals surface area contributed by atoms with Gasteiger partial charge in [0.2, 0.25) is 0 Å². The molecule has 0 atom stereocenters. The number of hydrogen-bond donors (Lipinski definition) is 2. The third-order valence-electron chi connectivity index (χ3n) is 5.66. The van der Waals surface area contributed by atoms with Crippen LogP contribution in [0, 0.1) is 13.8 Å². The van der Waals surface area contributed by atoms with Crippen molar-refractivity contribution in [2.45, 2.75) is 31.8 Å². The normalized spacial score (nSPS) is 11.2. The molecule has 0 saturated heterocycles. The van der Waals surface area contributed by atoms with E-state index in [4.69, 9.17) is 0 Å². The van der Waals surface area contributed by atoms with Gasteiger partial charge in [0.1, 0.15) is 0 Å². The van der Waals surface area contributed by atoms with Gasteiger partial charge in [0.15, 0.2) is 0 Å². The molecule has 4 aromatic rings. The first-order valence-corrected chi connectivity index (χ1v) is 12.3. The van der Waals surface area contributed by atoms with Crippen LogP contribution in [0.15, 0.2) is 90.3 Å². The maximum absolute atomic E-state index is 12.7. The summed E-state index contributed by atoms with van der Waals surface area (Å²) in [7, 11) is -3.72. The Labute approximate surface area is 199 Å². The van der Waals surface area contributed by atoms with Gasteiger partial charge in [-0.05, 0) is 72.5 Å². The van der Waals surface area contributed by atoms with E-state index in [1.165, 1.54) is 0 Å². The first kappa shape index (κ1) is 23.3. The second-order valence-corrected chi connectivity index (χ2v) is 9.80. The molecule has 0 aliphatic carbocycles. The van der Waals surface area contributed by atoms with E-state index in [2.05, 4.69) is 15.0 Å². The number of imidazole rings is 1. The van der Waals surface area contributed by atoms with Crippen LogP contribution in [0.5, 0.6) is 0 Å². The first-order chi connectivity index (χ1) is 16.3. The first-order valence-electron chi connectivity index (χ1n) is 10.8. The summed E-state index contributed by atoms with van der Waals surface area (Å²) >= 11 is 0. The van der Waals surface area contributed by atoms with E-state index in [0.717, 1.165) is 22.3 Å². The lowest BCUT2D eigenvalue weighted by Gasteiger charge is -2.12. The van der Waals surface area contributed by atoms with Crippen LogP contribution in [0.25, 0.3) is 0 Å². The molecule has 0 aliphatic rings. The van der Waals surface area contributed by atoms with Crippen LogP contribution in [-0.4, -0.2) is 23.9 Å². The molecule has 1 amide bonds. The molecule has 0 unspecified atom stereocenters. The average molecular weight is 475 g/mol. The number of aryl methyl sites for hydroxylation is 2. The molecule has 1 heterocycles. The molecule has 0 bridgehead atoms. The van der Waals surface area contributed by atoms with Crippen LogP contribution in [-0.2, 0) is 23.1 Å². The predicted molar refractivity (Wildman–Crippen MR) is 132 cm³/mol. The lowest BCUT2D eigenvalue weighted by molar-refractivity contribution is 0.0951. The molecule has 8 heteroatoms. The van der Waals surface area contributed by atoms with Crippen LogP contribution in [0.1, 0.15) is 32.6 Å². The van der Waals surface area contributed by atoms with E-state index in [1.807, 2.05) is 48.9 Å². The Hall–Kier alpha value is -3.91. The molecular weight excluding hydrogens is 448 g/mol. The fourth-order valence-corrected chi connectivity index (χ4v) is 4.67. The number of amides is 1. The monoisotopic (exact) mass is 474 g/mol. The number of carbonyl (C=O) groups excluding carboxylic acids is 1. The van der Waals surface area contributed by atoms with Crippen LogP contribution < -0.4 is 10.0 Å². The van der Waals surface area contributed by atoms with Crippen molar-refractivity contribution >= 4 is 21.6 Å². The van der Waals surface area contributed by atoms with Gasteiger partial charge in [-0.3, -0.25) is 9.52 Å². The minimum atomic E-state index is -3.72. The SMILES string of the molecule is Cc1ccc(S(=O)(=O)Nc2ccc(C(=O)NCc3ccccc3Cn3ccnc3)cc2)cc1C. The third kappa shape index (κ3) is 5.52. The van der Waals surface area contributed by atoms with Gasteiger partial charge < -0.3 is 9.88 Å². The number of nitrogens with zero attached hydrogens (tertiary/aromatic N) is 2. The summed E-state index contributed by atoms with van der Waals surface area (Å²) in [6, 6.07) is 19.3. The molecule has 174 valence electrons. The van der Waals surface area contributed by atoms with Crippen molar-refractivity contribution in [1.82, 2.24) is 14.9 Å². The molecule has 34 heavy (non-hydrogen) atoms. The van der Waals surface area contributed by atoms with Gasteiger partial charge in [-0.15, -0.1) is 0 Å². The van der Waals surface area contributed by atoms with E-state index in [9.17, 15) is 13.2 Å². The highest BCUT2D eigenvalue weighted by atomic mass is 32.2. The number of carbonyl (C=O) groups is 1. The molecule has 4 rings (SSSR count). The van der Waals surface area contributed by atoms with Crippen molar-refractivity contribution in [1.29, 1.82) is 0 Å². The molecule has 0 fully saturated rings. The van der Waals surface area contributed by atoms with Gasteiger partial charge in [0.25, 0.3) is 15.9 Å². The second-order valence-electron chi connectivity index (χ2n) is 8.12. The quantitative estimate of drug-likeness (QED) is 0.399. The zero-order valence-electron chi connectivity index (χ0n) is 19.0. The van der Waals surface area contributed by atoms with Crippen molar-refractivity contribution < 1.29 is 13.2 Å². The topological polar surface area (TPSA) is 93.1 Å². The van der Waals surface area contributed by atoms with Gasteiger partial charge in [-0.1, -0.05) is 30.3 Å². The summed E-state index contributed by atoms with van der Waals surface area (Å²) in [5.41, 5.74) is 4.88. The summed E-state index contributed by atoms with van der Waals surface area (Å²) in [5.74, 6) is -0.235. The Balaban J connectivity index is 1.40. The Bertz CT molecular complexity index is 1400. The summed E-state index contributed by atoms with van der Waals surface area (Å²) in [4.78, 5) is 16.9. The van der Waals surface area contributed by atoms with E-state index < -0.39 is 10.0 Å². The average Bonchev–Trinajstić information content (AvgIpc) is 3.33. The summed E-state index contributed by atoms with van der Waals surface area (Å²) < 4.78 is 29.9. The highest BCUT2D eigenvalue weighted by Crippen LogP contribution is 2.19. The van der Waals surface area contributed by atoms with Gasteiger partial charge in [0.05, 0.1) is 11.2 Å². The second kappa shape index (κ2) is 9.93. The van der Waals surface area contributed by atoms with E-state index in [0.29, 0.717) is 24.3 Å². The highest BCUT2D eigenvalue weighted by Gasteiger charge is 2.15. The van der Waals surface area contributed by atoms with E-state index in [1.54, 1.807) is 55.0 Å². The maximum Gasteiger partial charge on any atom is 0.261 e. The highest BCUT2D eigenvalue weighted by molar-refractivity contribution is 7.92. The number of sulfonamides is 1. The Morgan fingerprint density at radius 3 is 2.35 bits per heavy atom. The van der Waals surface area contributed by atoms with Crippen molar-refractivity contribution in [3.05, 3.63) is 113 Å². The zero-order valence-corrected chi connectivity index (χ0v) is 19.8. The molecule has 0 radical (unpaired) electrons. The fraction of sp³-hybridized carbons (Fsp3) is 0.154. The Kier molecular flexibility index (Phi) is 6.79. The fourth-order valence-electron chi connectivity index (χ4n) is 3.52. The van der Waals surface area contributed by atoms with Crippen molar-refractivity contribution in [3.8, 4) is 0 Å². The molecule has 0 aliphatic heterocycles. The standard InChI is InChI=1S/C26H26N4O3S/c1-19-7-12-25(15-20(19)2)34(32,33)29-24-10-8-21(9-11-24)26(31)28-16-22-5-3-4-6-23(22)17-30-14-13-27-18-30/h3-15,18,29H,16-17H2,1-2H3,(H,28,31). The predicted octanol–water partition coefficient (Wildman–Crippen LogP) is 4.28. The smallest absolute Gasteiger partial charge is 0.261 e. The number of hydrogen-bond acceptors (Lipinski definition) is 4. The van der Waals surface area contributed by atoms with E-state index >= 15 is 0 Å². The molecule has 3 aromatic carbocycles. The summed E-state index contributed by atoms with van der Waals surface area (Å²) in [5, 5.41) is 2.94. The van der Waals surface area contributed by atoms with Crippen LogP contribution in [0.4, 0.5) is 5.69 Å². The van der Waals surface area contributed by atoms with Crippen LogP contribution in [0.3, 0.4) is 0 Å². The molecule has 7 nitrogen and oxygen atoms in total. The van der Waals surface area contributed by atoms with E-state index in [-0.39, 0.29) is 10.8 Å². The number of nitrogens with one attached hydrogen (secondary N) is 2. The van der Waals surface area contributed by atoms with Crippen LogP contribution in [0.2, 0.25) is 0 Å². The lowest BCUT2D eigenvalue weighted by atomic mass is 10.1. The minimum Gasteiger partial charge on any atom is -0.348 e. The number of rotatable bonds is 8. The van der Waals surface area contributed by atoms with Crippen LogP contribution >= 0.6 is 0 Å². The number of aromatic nitrogens is 2. The molecule has 0 spiro atoms. The van der Waals surface area contributed by atoms with Gasteiger partial charge in [-0.2, -0.15) is 0 Å². The van der Waals surface area contributed by atoms with Gasteiger partial charge in [-0.25, -0.2) is 13.4 Å². The summed E-state index contributed by atoms with van der Waals surface area (Å²) in [6.45, 7) is 4.85. The van der Waals surface area contributed by atoms with Crippen molar-refractivity contribution in [2.24, 2.45) is 0 Å². The lowest BCUT2D eigenvalue weighted by Crippen LogP contribution is -2.23.